The molecule has 1 aliphatic carbocycles. The van der Waals surface area contributed by atoms with Gasteiger partial charge in [0.1, 0.15) is 0 Å². The highest BCUT2D eigenvalue weighted by Gasteiger charge is 2.36. The smallest absolute Gasteiger partial charge is 0.0925 e. The van der Waals surface area contributed by atoms with Gasteiger partial charge in [-0.1, -0.05) is 78.6 Å². The summed E-state index contributed by atoms with van der Waals surface area (Å²) in [6, 6.07) is 15.8. The number of unbranched alkanes of at least 4 members (excludes halogenated alkanes) is 1. The average molecular weight is 389 g/mol. The van der Waals surface area contributed by atoms with Crippen molar-refractivity contribution in [3.8, 4) is 22.4 Å². The number of rotatable bonds is 4. The van der Waals surface area contributed by atoms with Crippen molar-refractivity contribution < 1.29 is 0 Å². The van der Waals surface area contributed by atoms with Gasteiger partial charge in [0.25, 0.3) is 0 Å². The van der Waals surface area contributed by atoms with Crippen LogP contribution in [0.25, 0.3) is 22.4 Å². The van der Waals surface area contributed by atoms with Crippen LogP contribution in [0.4, 0.5) is 0 Å². The van der Waals surface area contributed by atoms with Gasteiger partial charge in [0.15, 0.2) is 0 Å². The quantitative estimate of drug-likeness (QED) is 0.447. The van der Waals surface area contributed by atoms with Crippen LogP contribution in [-0.4, -0.2) is 9.78 Å². The van der Waals surface area contributed by atoms with E-state index in [-0.39, 0.29) is 5.41 Å². The fraction of sp³-hybridized carbons (Fsp3) is 0.444. The number of benzene rings is 2. The minimum absolute atomic E-state index is 0.0312. The summed E-state index contributed by atoms with van der Waals surface area (Å²) in [5.41, 5.74) is 9.44. The lowest BCUT2D eigenvalue weighted by Gasteiger charge is -2.23. The van der Waals surface area contributed by atoms with Crippen molar-refractivity contribution in [3.05, 3.63) is 65.4 Å². The second-order valence-electron chi connectivity index (χ2n) is 8.84. The average Bonchev–Trinajstić information content (AvgIpc) is 3.26. The summed E-state index contributed by atoms with van der Waals surface area (Å²) < 4.78 is 1.89. The minimum atomic E-state index is 0.0312. The summed E-state index contributed by atoms with van der Waals surface area (Å²) in [7, 11) is 1.99. The van der Waals surface area contributed by atoms with Gasteiger partial charge in [0.2, 0.25) is 0 Å². The molecule has 1 aromatic heterocycles. The fourth-order valence-electron chi connectivity index (χ4n) is 4.17. The molecule has 0 fully saturated rings. The van der Waals surface area contributed by atoms with Crippen LogP contribution in [0.1, 0.15) is 83.4 Å². The highest BCUT2D eigenvalue weighted by Crippen LogP contribution is 2.51. The van der Waals surface area contributed by atoms with Gasteiger partial charge in [-0.3, -0.25) is 4.68 Å². The van der Waals surface area contributed by atoms with E-state index in [1.165, 1.54) is 46.2 Å². The number of nitrogens with zero attached hydrogens (tertiary/aromatic N) is 2. The monoisotopic (exact) mass is 388 g/mol. The summed E-state index contributed by atoms with van der Waals surface area (Å²) >= 11 is 0. The van der Waals surface area contributed by atoms with Crippen LogP contribution in [0.3, 0.4) is 0 Å². The van der Waals surface area contributed by atoms with Gasteiger partial charge in [-0.05, 0) is 58.4 Å². The highest BCUT2D eigenvalue weighted by atomic mass is 15.2. The molecule has 1 unspecified atom stereocenters. The van der Waals surface area contributed by atoms with Gasteiger partial charge in [-0.2, -0.15) is 5.10 Å². The third-order valence-corrected chi connectivity index (χ3v) is 6.39. The van der Waals surface area contributed by atoms with E-state index in [2.05, 4.69) is 84.0 Å². The lowest BCUT2D eigenvalue weighted by Crippen LogP contribution is -2.15. The van der Waals surface area contributed by atoms with Crippen LogP contribution >= 0.6 is 0 Å². The van der Waals surface area contributed by atoms with Crippen molar-refractivity contribution in [2.75, 3.05) is 0 Å². The van der Waals surface area contributed by atoms with Crippen LogP contribution in [0.5, 0.6) is 0 Å². The largest absolute Gasteiger partial charge is 0.275 e. The Bertz CT molecular complexity index is 976. The van der Waals surface area contributed by atoms with E-state index in [0.717, 1.165) is 12.1 Å². The van der Waals surface area contributed by atoms with Gasteiger partial charge in [-0.15, -0.1) is 0 Å². The van der Waals surface area contributed by atoms with Gasteiger partial charge in [0.05, 0.1) is 5.69 Å². The fourth-order valence-corrected chi connectivity index (χ4v) is 4.17. The zero-order chi connectivity index (χ0) is 21.2. The zero-order valence-electron chi connectivity index (χ0n) is 19.2. The summed E-state index contributed by atoms with van der Waals surface area (Å²) in [6.45, 7) is 13.6. The standard InChI is InChI=1S/C23H26N2.C4H10/c1-6-15(2)17-13-18-16-9-7-8-10-20(16)23(3,4)21(18)14-19(17)22-11-12-25(5)24-22;1-3-4-2/h7-15H,6H2,1-5H3;3-4H2,1-2H3. The van der Waals surface area contributed by atoms with Crippen LogP contribution in [0.15, 0.2) is 48.7 Å². The minimum Gasteiger partial charge on any atom is -0.275 e. The Balaban J connectivity index is 0.000000552. The van der Waals surface area contributed by atoms with Crippen LogP contribution in [0.2, 0.25) is 0 Å². The number of hydrogen-bond donors (Lipinski definition) is 0. The molecule has 29 heavy (non-hydrogen) atoms. The van der Waals surface area contributed by atoms with E-state index in [0.29, 0.717) is 5.92 Å². The van der Waals surface area contributed by atoms with Gasteiger partial charge in [-0.25, -0.2) is 0 Å². The van der Waals surface area contributed by atoms with Crippen molar-refractivity contribution in [1.29, 1.82) is 0 Å². The maximum Gasteiger partial charge on any atom is 0.0925 e. The second-order valence-corrected chi connectivity index (χ2v) is 8.84. The van der Waals surface area contributed by atoms with Gasteiger partial charge < -0.3 is 0 Å². The number of fused-ring (bicyclic) bond motifs is 3. The van der Waals surface area contributed by atoms with Crippen molar-refractivity contribution in [2.45, 2.75) is 72.1 Å². The molecule has 0 saturated heterocycles. The first-order valence-corrected chi connectivity index (χ1v) is 11.1. The molecule has 154 valence electrons. The van der Waals surface area contributed by atoms with Crippen LogP contribution in [0, 0.1) is 0 Å². The molecule has 0 spiro atoms. The molecule has 3 aromatic rings. The van der Waals surface area contributed by atoms with Gasteiger partial charge in [0, 0.05) is 24.2 Å². The van der Waals surface area contributed by atoms with E-state index in [4.69, 9.17) is 5.10 Å². The molecule has 0 saturated carbocycles. The Labute approximate surface area is 177 Å². The molecule has 0 radical (unpaired) electrons. The number of aromatic nitrogens is 2. The number of aryl methyl sites for hydroxylation is 1. The van der Waals surface area contributed by atoms with E-state index in [1.807, 2.05) is 17.9 Å². The summed E-state index contributed by atoms with van der Waals surface area (Å²) in [4.78, 5) is 0. The van der Waals surface area contributed by atoms with Gasteiger partial charge >= 0.3 is 0 Å². The summed E-state index contributed by atoms with van der Waals surface area (Å²) in [6.07, 6.45) is 5.80. The predicted octanol–water partition coefficient (Wildman–Crippen LogP) is 7.71. The molecular weight excluding hydrogens is 352 g/mol. The first kappa shape index (κ1) is 21.4. The Morgan fingerprint density at radius 3 is 2.17 bits per heavy atom. The SMILES string of the molecule is CCC(C)c1cc2c(cc1-c1ccn(C)n1)C(C)(C)c1ccccc1-2.CCCC. The molecule has 0 bridgehead atoms. The molecule has 1 aliphatic rings. The second kappa shape index (κ2) is 8.57. The Morgan fingerprint density at radius 1 is 0.897 bits per heavy atom. The lowest BCUT2D eigenvalue weighted by molar-refractivity contribution is 0.659. The first-order valence-electron chi connectivity index (χ1n) is 11.1. The Hall–Kier alpha value is -2.35. The van der Waals surface area contributed by atoms with Crippen LogP contribution in [-0.2, 0) is 12.5 Å². The van der Waals surface area contributed by atoms with E-state index in [1.54, 1.807) is 0 Å². The normalized spacial score (nSPS) is 14.6. The molecule has 0 amide bonds. The lowest BCUT2D eigenvalue weighted by atomic mass is 9.80. The predicted molar refractivity (Wildman–Crippen MR) is 125 cm³/mol. The van der Waals surface area contributed by atoms with Crippen molar-refractivity contribution >= 4 is 0 Å². The Morgan fingerprint density at radius 2 is 1.59 bits per heavy atom. The zero-order valence-corrected chi connectivity index (χ0v) is 19.2. The molecule has 1 heterocycles. The van der Waals surface area contributed by atoms with E-state index < -0.39 is 0 Å². The summed E-state index contributed by atoms with van der Waals surface area (Å²) in [5, 5.41) is 4.70. The first-order chi connectivity index (χ1) is 13.8. The third-order valence-electron chi connectivity index (χ3n) is 6.39. The topological polar surface area (TPSA) is 17.8 Å². The van der Waals surface area contributed by atoms with Crippen LogP contribution < -0.4 is 0 Å². The van der Waals surface area contributed by atoms with E-state index >= 15 is 0 Å². The van der Waals surface area contributed by atoms with E-state index in [9.17, 15) is 0 Å². The van der Waals surface area contributed by atoms with Crippen molar-refractivity contribution in [3.63, 3.8) is 0 Å². The molecule has 0 aliphatic heterocycles. The molecule has 2 aromatic carbocycles. The molecule has 1 atom stereocenters. The summed E-state index contributed by atoms with van der Waals surface area (Å²) in [5.74, 6) is 0.512. The van der Waals surface area contributed by atoms with Crippen molar-refractivity contribution in [1.82, 2.24) is 9.78 Å². The molecule has 4 rings (SSSR count). The Kier molecular flexibility index (Phi) is 6.31. The highest BCUT2D eigenvalue weighted by molar-refractivity contribution is 5.84. The number of hydrogen-bond acceptors (Lipinski definition) is 1. The molecule has 2 nitrogen and oxygen atoms in total. The molecular formula is C27H36N2. The maximum absolute atomic E-state index is 4.70. The molecule has 2 heteroatoms. The van der Waals surface area contributed by atoms with Crippen molar-refractivity contribution in [2.24, 2.45) is 7.05 Å². The third kappa shape index (κ3) is 3.90. The maximum atomic E-state index is 4.70. The molecule has 0 N–H and O–H groups in total.